The van der Waals surface area contributed by atoms with Crippen LogP contribution in [-0.4, -0.2) is 42.8 Å². The smallest absolute Gasteiger partial charge is 0.0662 e. The van der Waals surface area contributed by atoms with Gasteiger partial charge in [0.05, 0.1) is 6.10 Å². The molecule has 2 N–H and O–H groups in total. The van der Waals surface area contributed by atoms with Gasteiger partial charge in [-0.15, -0.1) is 0 Å². The highest BCUT2D eigenvalue weighted by Crippen LogP contribution is 2.51. The van der Waals surface area contributed by atoms with Crippen molar-refractivity contribution in [3.63, 3.8) is 0 Å². The van der Waals surface area contributed by atoms with Gasteiger partial charge in [-0.05, 0) is 44.6 Å². The Labute approximate surface area is 125 Å². The topological polar surface area (TPSA) is 38.5 Å². The molecule has 118 valence electrons. The molecule has 3 heteroatoms. The molecule has 1 saturated heterocycles. The van der Waals surface area contributed by atoms with Gasteiger partial charge in [0.2, 0.25) is 0 Å². The van der Waals surface area contributed by atoms with Crippen LogP contribution in [0.3, 0.4) is 0 Å². The fourth-order valence-corrected chi connectivity index (χ4v) is 4.16. The standard InChI is InChI=1S/C17H34N2O/c1-6-16(7-2)9-10-19(12-16)13-17(18)11-14(20-8-3)15(17,4)5/h14H,6-13,18H2,1-5H3. The van der Waals surface area contributed by atoms with E-state index < -0.39 is 0 Å². The summed E-state index contributed by atoms with van der Waals surface area (Å²) in [7, 11) is 0. The van der Waals surface area contributed by atoms with E-state index >= 15 is 0 Å². The normalized spacial score (nSPS) is 36.0. The van der Waals surface area contributed by atoms with Crippen molar-refractivity contribution in [2.75, 3.05) is 26.2 Å². The third-order valence-corrected chi connectivity index (χ3v) is 6.53. The van der Waals surface area contributed by atoms with E-state index in [-0.39, 0.29) is 11.0 Å². The van der Waals surface area contributed by atoms with Crippen LogP contribution in [0.4, 0.5) is 0 Å². The minimum atomic E-state index is -0.0790. The van der Waals surface area contributed by atoms with Crippen molar-refractivity contribution in [2.45, 2.75) is 71.9 Å². The van der Waals surface area contributed by atoms with Gasteiger partial charge in [0.15, 0.2) is 0 Å². The second kappa shape index (κ2) is 5.58. The number of nitrogens with two attached hydrogens (primary N) is 1. The zero-order valence-corrected chi connectivity index (χ0v) is 14.2. The van der Waals surface area contributed by atoms with E-state index in [1.54, 1.807) is 0 Å². The van der Waals surface area contributed by atoms with Gasteiger partial charge in [0, 0.05) is 30.7 Å². The zero-order valence-electron chi connectivity index (χ0n) is 14.2. The van der Waals surface area contributed by atoms with Gasteiger partial charge in [0.1, 0.15) is 0 Å². The molecule has 2 aliphatic rings. The van der Waals surface area contributed by atoms with Crippen LogP contribution in [0.25, 0.3) is 0 Å². The molecule has 1 aliphatic heterocycles. The molecule has 2 atom stereocenters. The Bertz CT molecular complexity index is 338. The van der Waals surface area contributed by atoms with Gasteiger partial charge in [-0.25, -0.2) is 0 Å². The summed E-state index contributed by atoms with van der Waals surface area (Å²) in [6.07, 6.45) is 5.27. The summed E-state index contributed by atoms with van der Waals surface area (Å²) in [6, 6.07) is 0. The first-order valence-corrected chi connectivity index (χ1v) is 8.45. The summed E-state index contributed by atoms with van der Waals surface area (Å²) in [4.78, 5) is 2.61. The van der Waals surface area contributed by atoms with Gasteiger partial charge in [-0.3, -0.25) is 0 Å². The van der Waals surface area contributed by atoms with Crippen LogP contribution in [-0.2, 0) is 4.74 Å². The molecule has 1 saturated carbocycles. The molecule has 2 fully saturated rings. The molecule has 3 nitrogen and oxygen atoms in total. The Morgan fingerprint density at radius 1 is 1.20 bits per heavy atom. The Morgan fingerprint density at radius 2 is 1.85 bits per heavy atom. The van der Waals surface area contributed by atoms with Crippen molar-refractivity contribution >= 4 is 0 Å². The maximum absolute atomic E-state index is 6.73. The van der Waals surface area contributed by atoms with E-state index in [9.17, 15) is 0 Å². The summed E-state index contributed by atoms with van der Waals surface area (Å²) in [5, 5.41) is 0. The number of rotatable bonds is 6. The molecule has 20 heavy (non-hydrogen) atoms. The first kappa shape index (κ1) is 16.3. The van der Waals surface area contributed by atoms with E-state index in [1.165, 1.54) is 32.4 Å². The van der Waals surface area contributed by atoms with Crippen molar-refractivity contribution < 1.29 is 4.74 Å². The summed E-state index contributed by atoms with van der Waals surface area (Å²) < 4.78 is 5.84. The molecule has 0 aromatic heterocycles. The number of ether oxygens (including phenoxy) is 1. The van der Waals surface area contributed by atoms with Gasteiger partial charge in [-0.1, -0.05) is 27.7 Å². The van der Waals surface area contributed by atoms with Crippen LogP contribution in [0, 0.1) is 10.8 Å². The van der Waals surface area contributed by atoms with Crippen LogP contribution >= 0.6 is 0 Å². The number of hydrogen-bond acceptors (Lipinski definition) is 3. The van der Waals surface area contributed by atoms with Crippen LogP contribution < -0.4 is 5.73 Å². The average molecular weight is 282 g/mol. The van der Waals surface area contributed by atoms with Crippen molar-refractivity contribution in [3.8, 4) is 0 Å². The summed E-state index contributed by atoms with van der Waals surface area (Å²) in [5.74, 6) is 0. The summed E-state index contributed by atoms with van der Waals surface area (Å²) >= 11 is 0. The van der Waals surface area contributed by atoms with Crippen LogP contribution in [0.15, 0.2) is 0 Å². The largest absolute Gasteiger partial charge is 0.378 e. The van der Waals surface area contributed by atoms with Crippen molar-refractivity contribution in [1.29, 1.82) is 0 Å². The molecular formula is C17H34N2O. The molecule has 0 aromatic rings. The SMILES string of the molecule is CCOC1CC(N)(CN2CCC(CC)(CC)C2)C1(C)C. The molecule has 0 spiro atoms. The zero-order chi connectivity index (χ0) is 15.0. The third kappa shape index (κ3) is 2.53. The molecular weight excluding hydrogens is 248 g/mol. The fraction of sp³-hybridized carbons (Fsp3) is 1.00. The Balaban J connectivity index is 1.95. The highest BCUT2D eigenvalue weighted by molar-refractivity contribution is 5.15. The predicted octanol–water partition coefficient (Wildman–Crippen LogP) is 3.03. The molecule has 1 heterocycles. The monoisotopic (exact) mass is 282 g/mol. The predicted molar refractivity (Wildman–Crippen MR) is 84.8 cm³/mol. The number of hydrogen-bond donors (Lipinski definition) is 1. The lowest BCUT2D eigenvalue weighted by atomic mass is 9.54. The summed E-state index contributed by atoms with van der Waals surface area (Å²) in [5.41, 5.74) is 7.29. The number of likely N-dealkylation sites (tertiary alicyclic amines) is 1. The average Bonchev–Trinajstić information content (AvgIpc) is 2.82. The molecule has 0 amide bonds. The van der Waals surface area contributed by atoms with Gasteiger partial charge in [0.25, 0.3) is 0 Å². The van der Waals surface area contributed by atoms with Crippen molar-refractivity contribution in [1.82, 2.24) is 4.90 Å². The van der Waals surface area contributed by atoms with Crippen molar-refractivity contribution in [3.05, 3.63) is 0 Å². The first-order chi connectivity index (χ1) is 9.32. The van der Waals surface area contributed by atoms with Gasteiger partial charge < -0.3 is 15.4 Å². The molecule has 1 aliphatic carbocycles. The van der Waals surface area contributed by atoms with Gasteiger partial charge >= 0.3 is 0 Å². The third-order valence-electron chi connectivity index (χ3n) is 6.53. The lowest BCUT2D eigenvalue weighted by Crippen LogP contribution is -2.73. The fourth-order valence-electron chi connectivity index (χ4n) is 4.16. The van der Waals surface area contributed by atoms with Crippen molar-refractivity contribution in [2.24, 2.45) is 16.6 Å². The van der Waals surface area contributed by atoms with Crippen LogP contribution in [0.2, 0.25) is 0 Å². The summed E-state index contributed by atoms with van der Waals surface area (Å²) in [6.45, 7) is 15.6. The molecule has 2 unspecified atom stereocenters. The first-order valence-electron chi connectivity index (χ1n) is 8.45. The van der Waals surface area contributed by atoms with Crippen LogP contribution in [0.1, 0.15) is 60.3 Å². The Morgan fingerprint density at radius 3 is 2.30 bits per heavy atom. The van der Waals surface area contributed by atoms with Gasteiger partial charge in [-0.2, -0.15) is 0 Å². The molecule has 0 bridgehead atoms. The highest BCUT2D eigenvalue weighted by Gasteiger charge is 2.59. The maximum atomic E-state index is 6.73. The van der Waals surface area contributed by atoms with E-state index in [2.05, 4.69) is 39.5 Å². The second-order valence-electron chi connectivity index (χ2n) is 7.69. The highest BCUT2D eigenvalue weighted by atomic mass is 16.5. The quantitative estimate of drug-likeness (QED) is 0.814. The van der Waals surface area contributed by atoms with E-state index in [4.69, 9.17) is 10.5 Å². The lowest BCUT2D eigenvalue weighted by Gasteiger charge is -2.60. The van der Waals surface area contributed by atoms with E-state index in [0.717, 1.165) is 19.6 Å². The number of nitrogens with zero attached hydrogens (tertiary/aromatic N) is 1. The van der Waals surface area contributed by atoms with E-state index in [1.807, 2.05) is 0 Å². The Hall–Kier alpha value is -0.120. The Kier molecular flexibility index (Phi) is 4.54. The molecule has 0 aromatic carbocycles. The molecule has 2 rings (SSSR count). The minimum absolute atomic E-state index is 0.0790. The minimum Gasteiger partial charge on any atom is -0.378 e. The van der Waals surface area contributed by atoms with E-state index in [0.29, 0.717) is 11.5 Å². The maximum Gasteiger partial charge on any atom is 0.0662 e. The second-order valence-corrected chi connectivity index (χ2v) is 7.69. The lowest BCUT2D eigenvalue weighted by molar-refractivity contribution is -0.155. The van der Waals surface area contributed by atoms with Crippen LogP contribution in [0.5, 0.6) is 0 Å². The molecule has 0 radical (unpaired) electrons.